The second-order valence-corrected chi connectivity index (χ2v) is 13.7. The minimum Gasteiger partial charge on any atom is -0.484 e. The van der Waals surface area contributed by atoms with Gasteiger partial charge in [-0.15, -0.1) is 0 Å². The maximum atomic E-state index is 7.09. The Morgan fingerprint density at radius 3 is 2.32 bits per heavy atom. The molecule has 0 saturated carbocycles. The molecular weight excluding hydrogens is 611 g/mol. The highest BCUT2D eigenvalue weighted by Crippen LogP contribution is 2.50. The summed E-state index contributed by atoms with van der Waals surface area (Å²) in [5.74, 6) is 1.49. The van der Waals surface area contributed by atoms with Crippen molar-refractivity contribution in [3.8, 4) is 5.75 Å². The number of para-hydroxylation sites is 3. The molecule has 3 nitrogen and oxygen atoms in total. The van der Waals surface area contributed by atoms with Gasteiger partial charge in [0, 0.05) is 55.9 Å². The number of furan rings is 1. The quantitative estimate of drug-likeness (QED) is 0.186. The first-order valence-electron chi connectivity index (χ1n) is 17.5. The second kappa shape index (κ2) is 11.5. The van der Waals surface area contributed by atoms with Gasteiger partial charge in [0.2, 0.25) is 0 Å². The Kier molecular flexibility index (Phi) is 6.67. The van der Waals surface area contributed by atoms with Gasteiger partial charge >= 0.3 is 0 Å². The molecule has 0 saturated heterocycles. The summed E-state index contributed by atoms with van der Waals surface area (Å²) < 4.78 is 13.4. The van der Waals surface area contributed by atoms with Gasteiger partial charge in [0.05, 0.1) is 5.69 Å². The first kappa shape index (κ1) is 28.9. The summed E-state index contributed by atoms with van der Waals surface area (Å²) >= 11 is 0. The Labute approximate surface area is 291 Å². The Balaban J connectivity index is 1.03. The highest BCUT2D eigenvalue weighted by Gasteiger charge is 2.39. The minimum absolute atomic E-state index is 0.0571. The maximum absolute atomic E-state index is 7.09. The third-order valence-corrected chi connectivity index (χ3v) is 10.7. The van der Waals surface area contributed by atoms with Gasteiger partial charge in [-0.05, 0) is 59.3 Å². The van der Waals surface area contributed by atoms with E-state index in [0.717, 1.165) is 33.8 Å². The largest absolute Gasteiger partial charge is 0.484 e. The molecule has 240 valence electrons. The average molecular weight is 646 g/mol. The maximum Gasteiger partial charge on any atom is 0.135 e. The van der Waals surface area contributed by atoms with E-state index in [2.05, 4.69) is 176 Å². The number of nitrogens with zero attached hydrogens (tertiary/aromatic N) is 1. The van der Waals surface area contributed by atoms with E-state index in [4.69, 9.17) is 9.15 Å². The van der Waals surface area contributed by atoms with Gasteiger partial charge in [-0.2, -0.15) is 0 Å². The molecule has 0 fully saturated rings. The fourth-order valence-electron chi connectivity index (χ4n) is 8.35. The zero-order valence-electron chi connectivity index (χ0n) is 27.7. The smallest absolute Gasteiger partial charge is 0.135 e. The summed E-state index contributed by atoms with van der Waals surface area (Å²) in [6.07, 6.45) is 11.3. The molecule has 0 spiro atoms. The van der Waals surface area contributed by atoms with Gasteiger partial charge in [-0.25, -0.2) is 0 Å². The molecule has 50 heavy (non-hydrogen) atoms. The normalized spacial score (nSPS) is 20.2. The van der Waals surface area contributed by atoms with Crippen molar-refractivity contribution >= 4 is 56.5 Å². The lowest BCUT2D eigenvalue weighted by Crippen LogP contribution is -2.29. The van der Waals surface area contributed by atoms with Crippen molar-refractivity contribution in [1.82, 2.24) is 0 Å². The lowest BCUT2D eigenvalue weighted by atomic mass is 9.81. The zero-order chi connectivity index (χ0) is 33.2. The van der Waals surface area contributed by atoms with Crippen LogP contribution in [0.25, 0.3) is 39.5 Å². The third kappa shape index (κ3) is 4.58. The van der Waals surface area contributed by atoms with Crippen molar-refractivity contribution in [3.63, 3.8) is 0 Å². The molecule has 1 aromatic heterocycles. The molecule has 4 atom stereocenters. The van der Waals surface area contributed by atoms with Crippen molar-refractivity contribution in [1.29, 1.82) is 0 Å². The van der Waals surface area contributed by atoms with Crippen molar-refractivity contribution in [2.75, 3.05) is 4.90 Å². The SMILES string of the molecule is CC1C=c2c(oc3ccccc23)=CC1c1cccc2c1O[C@@H]1C2=CC=CC1c1cccc(N(c2ccccc2)c2cccc3ccccc23)c1. The van der Waals surface area contributed by atoms with Gasteiger partial charge in [-0.3, -0.25) is 0 Å². The van der Waals surface area contributed by atoms with Crippen LogP contribution < -0.4 is 20.3 Å². The zero-order valence-corrected chi connectivity index (χ0v) is 27.7. The van der Waals surface area contributed by atoms with E-state index in [-0.39, 0.29) is 17.9 Å². The summed E-state index contributed by atoms with van der Waals surface area (Å²) in [6, 6.07) is 49.8. The number of hydrogen-bond acceptors (Lipinski definition) is 3. The summed E-state index contributed by atoms with van der Waals surface area (Å²) in [6.45, 7) is 2.30. The molecular formula is C47H35NO2. The van der Waals surface area contributed by atoms with Crippen molar-refractivity contribution in [3.05, 3.63) is 185 Å². The molecule has 0 bridgehead atoms. The summed E-state index contributed by atoms with van der Waals surface area (Å²) in [5.41, 5.74) is 10.2. The summed E-state index contributed by atoms with van der Waals surface area (Å²) in [5, 5.41) is 4.82. The molecule has 0 N–H and O–H groups in total. The predicted octanol–water partition coefficient (Wildman–Crippen LogP) is 10.5. The fourth-order valence-corrected chi connectivity index (χ4v) is 8.35. The van der Waals surface area contributed by atoms with Crippen molar-refractivity contribution in [2.45, 2.75) is 24.9 Å². The van der Waals surface area contributed by atoms with E-state index < -0.39 is 0 Å². The van der Waals surface area contributed by atoms with E-state index >= 15 is 0 Å². The number of fused-ring (bicyclic) bond motifs is 7. The van der Waals surface area contributed by atoms with Crippen LogP contribution in [0.1, 0.15) is 35.4 Å². The Morgan fingerprint density at radius 2 is 1.40 bits per heavy atom. The lowest BCUT2D eigenvalue weighted by Gasteiger charge is -2.29. The van der Waals surface area contributed by atoms with Crippen LogP contribution in [-0.2, 0) is 0 Å². The van der Waals surface area contributed by atoms with Crippen LogP contribution in [0.3, 0.4) is 0 Å². The van der Waals surface area contributed by atoms with Crippen LogP contribution in [0.4, 0.5) is 17.1 Å². The Hall–Kier alpha value is -6.06. The van der Waals surface area contributed by atoms with Crippen LogP contribution in [0.15, 0.2) is 162 Å². The van der Waals surface area contributed by atoms with E-state index in [1.54, 1.807) is 0 Å². The second-order valence-electron chi connectivity index (χ2n) is 13.7. The summed E-state index contributed by atoms with van der Waals surface area (Å²) in [4.78, 5) is 2.38. The molecule has 3 unspecified atom stereocenters. The fraction of sp³-hybridized carbons (Fsp3) is 0.106. The topological polar surface area (TPSA) is 25.6 Å². The van der Waals surface area contributed by atoms with Crippen LogP contribution in [-0.4, -0.2) is 6.10 Å². The van der Waals surface area contributed by atoms with Crippen LogP contribution in [0, 0.1) is 5.92 Å². The number of anilines is 3. The number of rotatable bonds is 5. The third-order valence-electron chi connectivity index (χ3n) is 10.7. The van der Waals surface area contributed by atoms with Gasteiger partial charge in [0.25, 0.3) is 0 Å². The van der Waals surface area contributed by atoms with Gasteiger partial charge < -0.3 is 14.1 Å². The van der Waals surface area contributed by atoms with Gasteiger partial charge in [0.15, 0.2) is 0 Å². The molecule has 0 amide bonds. The number of allylic oxidation sites excluding steroid dienone is 2. The highest BCUT2D eigenvalue weighted by atomic mass is 16.5. The minimum atomic E-state index is -0.112. The molecule has 10 rings (SSSR count). The molecule has 3 heteroatoms. The first-order valence-corrected chi connectivity index (χ1v) is 17.5. The standard InChI is InChI=1S/C47H35NO2/c1-30-27-42-37-20-7-8-26-44(37)49-45(42)29-41(30)40-24-12-23-39-38-22-11-21-36(46(38)50-47(39)40)32-15-9-18-34(28-32)48(33-16-3-2-4-17-33)43-25-10-14-31-13-5-6-19-35(31)43/h2-30,36,41,46H,1H3/t30?,36?,41?,46-/m0/s1. The molecule has 0 radical (unpaired) electrons. The number of benzene rings is 6. The van der Waals surface area contributed by atoms with Gasteiger partial charge in [0.1, 0.15) is 22.9 Å². The number of hydrogen-bond donors (Lipinski definition) is 0. The van der Waals surface area contributed by atoms with Crippen LogP contribution >= 0.6 is 0 Å². The Morgan fingerprint density at radius 1 is 0.640 bits per heavy atom. The summed E-state index contributed by atoms with van der Waals surface area (Å²) in [7, 11) is 0. The molecule has 7 aromatic rings. The molecule has 2 aliphatic carbocycles. The molecule has 1 aliphatic heterocycles. The van der Waals surface area contributed by atoms with Gasteiger partial charge in [-0.1, -0.05) is 134 Å². The Bertz CT molecular complexity index is 2620. The first-order chi connectivity index (χ1) is 24.7. The van der Waals surface area contributed by atoms with E-state index in [0.29, 0.717) is 5.92 Å². The number of ether oxygens (including phenoxy) is 1. The molecule has 2 heterocycles. The average Bonchev–Trinajstić information content (AvgIpc) is 3.73. The predicted molar refractivity (Wildman–Crippen MR) is 206 cm³/mol. The lowest BCUT2D eigenvalue weighted by molar-refractivity contribution is 0.255. The highest BCUT2D eigenvalue weighted by molar-refractivity contribution is 5.99. The van der Waals surface area contributed by atoms with E-state index in [9.17, 15) is 0 Å². The van der Waals surface area contributed by atoms with Crippen LogP contribution in [0.2, 0.25) is 0 Å². The molecule has 6 aromatic carbocycles. The van der Waals surface area contributed by atoms with Crippen molar-refractivity contribution < 1.29 is 9.15 Å². The van der Waals surface area contributed by atoms with Crippen LogP contribution in [0.5, 0.6) is 5.75 Å². The monoisotopic (exact) mass is 645 g/mol. The van der Waals surface area contributed by atoms with Crippen molar-refractivity contribution in [2.24, 2.45) is 5.92 Å². The molecule has 3 aliphatic rings. The van der Waals surface area contributed by atoms with E-state index in [1.807, 2.05) is 6.07 Å². The van der Waals surface area contributed by atoms with E-state index in [1.165, 1.54) is 43.6 Å².